The van der Waals surface area contributed by atoms with E-state index in [0.717, 1.165) is 24.2 Å². The Morgan fingerprint density at radius 1 is 1.47 bits per heavy atom. The van der Waals surface area contributed by atoms with Crippen LogP contribution in [0.5, 0.6) is 0 Å². The van der Waals surface area contributed by atoms with Crippen LogP contribution in [0.1, 0.15) is 50.8 Å². The van der Waals surface area contributed by atoms with Gasteiger partial charge in [0, 0.05) is 43.1 Å². The zero-order valence-electron chi connectivity index (χ0n) is 12.6. The van der Waals surface area contributed by atoms with E-state index in [2.05, 4.69) is 48.0 Å². The van der Waals surface area contributed by atoms with Gasteiger partial charge in [-0.15, -0.1) is 0 Å². The van der Waals surface area contributed by atoms with Gasteiger partial charge in [-0.25, -0.2) is 9.97 Å². The maximum atomic E-state index is 4.65. The Morgan fingerprint density at radius 3 is 2.79 bits per heavy atom. The van der Waals surface area contributed by atoms with Crippen LogP contribution in [-0.4, -0.2) is 29.1 Å². The maximum absolute atomic E-state index is 4.65. The van der Waals surface area contributed by atoms with E-state index in [4.69, 9.17) is 0 Å². The van der Waals surface area contributed by atoms with Crippen LogP contribution < -0.4 is 10.2 Å². The number of nitrogens with zero attached hydrogens (tertiary/aromatic N) is 3. The van der Waals surface area contributed by atoms with Gasteiger partial charge in [0.15, 0.2) is 0 Å². The molecular formula is C15H26N4. The summed E-state index contributed by atoms with van der Waals surface area (Å²) in [5.41, 5.74) is 2.31. The molecule has 0 aromatic carbocycles. The molecule has 1 atom stereocenters. The highest BCUT2D eigenvalue weighted by atomic mass is 15.2. The lowest BCUT2D eigenvalue weighted by Crippen LogP contribution is -2.30. The second kappa shape index (κ2) is 6.33. The molecule has 4 heteroatoms. The number of hydrogen-bond donors (Lipinski definition) is 1. The Balaban J connectivity index is 1.99. The molecule has 0 radical (unpaired) electrons. The molecule has 1 aromatic rings. The van der Waals surface area contributed by atoms with Crippen LogP contribution in [0.15, 0.2) is 6.20 Å². The number of aromatic nitrogens is 2. The Labute approximate surface area is 116 Å². The Hall–Kier alpha value is -1.16. The van der Waals surface area contributed by atoms with Crippen molar-refractivity contribution in [2.75, 3.05) is 11.9 Å². The number of nitrogens with one attached hydrogen (secondary N) is 1. The summed E-state index contributed by atoms with van der Waals surface area (Å²) in [6, 6.07) is 1.21. The van der Waals surface area contributed by atoms with Gasteiger partial charge in [-0.05, 0) is 33.1 Å². The molecule has 0 aliphatic heterocycles. The molecule has 2 rings (SSSR count). The monoisotopic (exact) mass is 262 g/mol. The van der Waals surface area contributed by atoms with Crippen molar-refractivity contribution in [1.29, 1.82) is 0 Å². The summed E-state index contributed by atoms with van der Waals surface area (Å²) in [5.74, 6) is 0.841. The summed E-state index contributed by atoms with van der Waals surface area (Å²) < 4.78 is 0. The fraction of sp³-hybridized carbons (Fsp3) is 0.733. The second-order valence-corrected chi connectivity index (χ2v) is 5.68. The molecule has 0 amide bonds. The van der Waals surface area contributed by atoms with Gasteiger partial charge in [-0.1, -0.05) is 13.3 Å². The Morgan fingerprint density at radius 2 is 2.21 bits per heavy atom. The minimum atomic E-state index is 0.486. The topological polar surface area (TPSA) is 41.1 Å². The molecule has 1 unspecified atom stereocenters. The standard InChI is InChI=1S/C15H26N4/c1-5-6-11(2)19(4)15-17-10-13(12(3)18-15)9-16-14-7-8-14/h10-11,14,16H,5-9H2,1-4H3. The minimum Gasteiger partial charge on any atom is -0.341 e. The molecular weight excluding hydrogens is 236 g/mol. The summed E-state index contributed by atoms with van der Waals surface area (Å²) in [4.78, 5) is 11.3. The smallest absolute Gasteiger partial charge is 0.225 e. The summed E-state index contributed by atoms with van der Waals surface area (Å²) in [6.45, 7) is 7.41. The normalized spacial score (nSPS) is 16.4. The zero-order chi connectivity index (χ0) is 13.8. The SMILES string of the molecule is CCCC(C)N(C)c1ncc(CNC2CC2)c(C)n1. The highest BCUT2D eigenvalue weighted by molar-refractivity contribution is 5.33. The van der Waals surface area contributed by atoms with E-state index in [1.54, 1.807) is 0 Å². The van der Waals surface area contributed by atoms with Crippen LogP contribution in [0.2, 0.25) is 0 Å². The highest BCUT2D eigenvalue weighted by Crippen LogP contribution is 2.20. The van der Waals surface area contributed by atoms with Gasteiger partial charge >= 0.3 is 0 Å². The molecule has 4 nitrogen and oxygen atoms in total. The quantitative estimate of drug-likeness (QED) is 0.820. The van der Waals surface area contributed by atoms with E-state index in [0.29, 0.717) is 6.04 Å². The lowest BCUT2D eigenvalue weighted by atomic mass is 10.2. The molecule has 1 aliphatic rings. The van der Waals surface area contributed by atoms with E-state index in [9.17, 15) is 0 Å². The Kier molecular flexibility index (Phi) is 4.75. The van der Waals surface area contributed by atoms with E-state index in [-0.39, 0.29) is 0 Å². The van der Waals surface area contributed by atoms with Crippen molar-refractivity contribution in [3.8, 4) is 0 Å². The summed E-state index contributed by atoms with van der Waals surface area (Å²) in [6.07, 6.45) is 6.96. The van der Waals surface area contributed by atoms with Gasteiger partial charge in [0.1, 0.15) is 0 Å². The van der Waals surface area contributed by atoms with Crippen molar-refractivity contribution in [2.45, 2.75) is 65.1 Å². The van der Waals surface area contributed by atoms with Crippen molar-refractivity contribution >= 4 is 5.95 Å². The molecule has 1 aromatic heterocycles. The number of anilines is 1. The molecule has 106 valence electrons. The van der Waals surface area contributed by atoms with Gasteiger partial charge in [-0.2, -0.15) is 0 Å². The highest BCUT2D eigenvalue weighted by Gasteiger charge is 2.20. The van der Waals surface area contributed by atoms with Gasteiger partial charge in [-0.3, -0.25) is 0 Å². The van der Waals surface area contributed by atoms with E-state index >= 15 is 0 Å². The molecule has 0 bridgehead atoms. The van der Waals surface area contributed by atoms with Crippen LogP contribution in [0.4, 0.5) is 5.95 Å². The van der Waals surface area contributed by atoms with Gasteiger partial charge in [0.2, 0.25) is 5.95 Å². The third-order valence-corrected chi connectivity index (χ3v) is 3.91. The molecule has 1 aliphatic carbocycles. The number of rotatable bonds is 7. The van der Waals surface area contributed by atoms with Crippen LogP contribution in [0, 0.1) is 6.92 Å². The van der Waals surface area contributed by atoms with Crippen LogP contribution in [0.3, 0.4) is 0 Å². The molecule has 1 heterocycles. The number of aryl methyl sites for hydroxylation is 1. The first-order valence-corrected chi connectivity index (χ1v) is 7.40. The summed E-state index contributed by atoms with van der Waals surface area (Å²) >= 11 is 0. The van der Waals surface area contributed by atoms with Gasteiger partial charge < -0.3 is 10.2 Å². The average Bonchev–Trinajstić information content (AvgIpc) is 3.20. The van der Waals surface area contributed by atoms with Crippen molar-refractivity contribution < 1.29 is 0 Å². The van der Waals surface area contributed by atoms with Crippen molar-refractivity contribution in [3.05, 3.63) is 17.5 Å². The van der Waals surface area contributed by atoms with Crippen LogP contribution >= 0.6 is 0 Å². The van der Waals surface area contributed by atoms with Gasteiger partial charge in [0.05, 0.1) is 0 Å². The Bertz CT molecular complexity index is 415. The fourth-order valence-electron chi connectivity index (χ4n) is 2.17. The van der Waals surface area contributed by atoms with Crippen molar-refractivity contribution in [2.24, 2.45) is 0 Å². The predicted octanol–water partition coefficient (Wildman–Crippen LogP) is 2.66. The summed E-state index contributed by atoms with van der Waals surface area (Å²) in [5, 5.41) is 3.51. The first-order chi connectivity index (χ1) is 9.11. The molecule has 1 saturated carbocycles. The lowest BCUT2D eigenvalue weighted by molar-refractivity contribution is 0.603. The maximum Gasteiger partial charge on any atom is 0.225 e. The van der Waals surface area contributed by atoms with Crippen LogP contribution in [-0.2, 0) is 6.54 Å². The summed E-state index contributed by atoms with van der Waals surface area (Å²) in [7, 11) is 2.08. The third-order valence-electron chi connectivity index (χ3n) is 3.91. The van der Waals surface area contributed by atoms with Gasteiger partial charge in [0.25, 0.3) is 0 Å². The third kappa shape index (κ3) is 3.90. The van der Waals surface area contributed by atoms with E-state index < -0.39 is 0 Å². The van der Waals surface area contributed by atoms with E-state index in [1.165, 1.54) is 31.2 Å². The van der Waals surface area contributed by atoms with Crippen molar-refractivity contribution in [3.63, 3.8) is 0 Å². The second-order valence-electron chi connectivity index (χ2n) is 5.68. The lowest BCUT2D eigenvalue weighted by Gasteiger charge is -2.25. The first kappa shape index (κ1) is 14.3. The predicted molar refractivity (Wildman–Crippen MR) is 79.4 cm³/mol. The van der Waals surface area contributed by atoms with Crippen LogP contribution in [0.25, 0.3) is 0 Å². The van der Waals surface area contributed by atoms with E-state index in [1.807, 2.05) is 6.20 Å². The first-order valence-electron chi connectivity index (χ1n) is 7.40. The minimum absolute atomic E-state index is 0.486. The largest absolute Gasteiger partial charge is 0.341 e. The molecule has 1 fully saturated rings. The molecule has 19 heavy (non-hydrogen) atoms. The fourth-order valence-corrected chi connectivity index (χ4v) is 2.17. The average molecular weight is 262 g/mol. The molecule has 1 N–H and O–H groups in total. The molecule has 0 saturated heterocycles. The zero-order valence-corrected chi connectivity index (χ0v) is 12.6. The van der Waals surface area contributed by atoms with Crippen molar-refractivity contribution in [1.82, 2.24) is 15.3 Å². The molecule has 0 spiro atoms. The number of hydrogen-bond acceptors (Lipinski definition) is 4.